The summed E-state index contributed by atoms with van der Waals surface area (Å²) in [5.41, 5.74) is -1.71. The van der Waals surface area contributed by atoms with Crippen molar-refractivity contribution in [3.05, 3.63) is 34.9 Å². The number of aldehydes is 1. The van der Waals surface area contributed by atoms with Crippen molar-refractivity contribution in [3.63, 3.8) is 0 Å². The molecule has 0 aromatic heterocycles. The summed E-state index contributed by atoms with van der Waals surface area (Å²) >= 11 is 0. The van der Waals surface area contributed by atoms with Crippen molar-refractivity contribution in [2.24, 2.45) is 0 Å². The first-order chi connectivity index (χ1) is 8.84. The SMILES string of the molecule is CF.O=CCCc1cc(C(F)F)cc(C(F)(F)F)c1. The molecule has 0 fully saturated rings. The molecule has 0 aliphatic rings. The second kappa shape index (κ2) is 7.81. The molecule has 1 rings (SSSR count). The van der Waals surface area contributed by atoms with Crippen LogP contribution in [0, 0.1) is 0 Å². The number of rotatable bonds is 4. The third-order valence-corrected chi connectivity index (χ3v) is 2.15. The van der Waals surface area contributed by atoms with Gasteiger partial charge in [-0.05, 0) is 24.1 Å². The summed E-state index contributed by atoms with van der Waals surface area (Å²) in [6.45, 7) is 0. The van der Waals surface area contributed by atoms with E-state index >= 15 is 0 Å². The Labute approximate surface area is 106 Å². The Kier molecular flexibility index (Phi) is 7.18. The van der Waals surface area contributed by atoms with Crippen LogP contribution >= 0.6 is 0 Å². The normalized spacial score (nSPS) is 10.9. The third kappa shape index (κ3) is 5.76. The van der Waals surface area contributed by atoms with Crippen LogP contribution in [0.4, 0.5) is 26.3 Å². The molecular formula is C12H12F6O. The van der Waals surface area contributed by atoms with Gasteiger partial charge in [0.2, 0.25) is 0 Å². The highest BCUT2D eigenvalue weighted by Gasteiger charge is 2.31. The summed E-state index contributed by atoms with van der Waals surface area (Å²) < 4.78 is 71.6. The highest BCUT2D eigenvalue weighted by Crippen LogP contribution is 2.33. The van der Waals surface area contributed by atoms with E-state index in [2.05, 4.69) is 0 Å². The average molecular weight is 286 g/mol. The summed E-state index contributed by atoms with van der Waals surface area (Å²) in [6.07, 6.45) is -7.08. The number of carbonyl (C=O) groups is 1. The van der Waals surface area contributed by atoms with Gasteiger partial charge < -0.3 is 4.79 Å². The van der Waals surface area contributed by atoms with Crippen LogP contribution in [0.25, 0.3) is 0 Å². The first kappa shape index (κ1) is 17.5. The molecule has 1 nitrogen and oxygen atoms in total. The van der Waals surface area contributed by atoms with Gasteiger partial charge in [-0.3, -0.25) is 4.39 Å². The first-order valence-corrected chi connectivity index (χ1v) is 5.15. The molecule has 0 radical (unpaired) electrons. The van der Waals surface area contributed by atoms with Gasteiger partial charge in [0.1, 0.15) is 6.29 Å². The molecular weight excluding hydrogens is 274 g/mol. The van der Waals surface area contributed by atoms with Crippen molar-refractivity contribution >= 4 is 6.29 Å². The molecule has 0 saturated heterocycles. The molecule has 0 N–H and O–H groups in total. The Balaban J connectivity index is 0.00000154. The fourth-order valence-corrected chi connectivity index (χ4v) is 1.38. The monoisotopic (exact) mass is 286 g/mol. The molecule has 1 aromatic rings. The van der Waals surface area contributed by atoms with Gasteiger partial charge in [-0.25, -0.2) is 8.78 Å². The van der Waals surface area contributed by atoms with E-state index in [4.69, 9.17) is 0 Å². The highest BCUT2D eigenvalue weighted by atomic mass is 19.4. The Hall–Kier alpha value is -1.53. The average Bonchev–Trinajstić information content (AvgIpc) is 2.37. The fourth-order valence-electron chi connectivity index (χ4n) is 1.38. The molecule has 19 heavy (non-hydrogen) atoms. The minimum atomic E-state index is -4.67. The van der Waals surface area contributed by atoms with E-state index in [9.17, 15) is 31.1 Å². The van der Waals surface area contributed by atoms with Gasteiger partial charge in [0.25, 0.3) is 6.43 Å². The molecule has 0 amide bonds. The van der Waals surface area contributed by atoms with Crippen molar-refractivity contribution in [1.29, 1.82) is 0 Å². The summed E-state index contributed by atoms with van der Waals surface area (Å²) in [7, 11) is 0.500. The van der Waals surface area contributed by atoms with Gasteiger partial charge in [-0.15, -0.1) is 0 Å². The number of aryl methyl sites for hydroxylation is 1. The number of hydrogen-bond acceptors (Lipinski definition) is 1. The summed E-state index contributed by atoms with van der Waals surface area (Å²) in [4.78, 5) is 10.1. The topological polar surface area (TPSA) is 17.1 Å². The van der Waals surface area contributed by atoms with Gasteiger partial charge in [0.05, 0.1) is 12.7 Å². The molecule has 0 spiro atoms. The predicted molar refractivity (Wildman–Crippen MR) is 57.8 cm³/mol. The van der Waals surface area contributed by atoms with E-state index < -0.39 is 23.7 Å². The van der Waals surface area contributed by atoms with E-state index in [0.29, 0.717) is 19.5 Å². The minimum absolute atomic E-state index is 0.00396. The highest BCUT2D eigenvalue weighted by molar-refractivity contribution is 5.50. The maximum atomic E-state index is 12.4. The van der Waals surface area contributed by atoms with E-state index in [1.165, 1.54) is 0 Å². The van der Waals surface area contributed by atoms with Crippen molar-refractivity contribution in [2.75, 3.05) is 7.18 Å². The lowest BCUT2D eigenvalue weighted by atomic mass is 10.0. The zero-order chi connectivity index (χ0) is 15.1. The lowest BCUT2D eigenvalue weighted by Crippen LogP contribution is -2.07. The Morgan fingerprint density at radius 2 is 1.74 bits per heavy atom. The van der Waals surface area contributed by atoms with Crippen LogP contribution in [0.1, 0.15) is 29.5 Å². The van der Waals surface area contributed by atoms with Gasteiger partial charge in [-0.1, -0.05) is 6.07 Å². The zero-order valence-electron chi connectivity index (χ0n) is 9.98. The number of carbonyl (C=O) groups excluding carboxylic acids is 1. The molecule has 0 heterocycles. The van der Waals surface area contributed by atoms with Crippen LogP contribution in [-0.4, -0.2) is 13.5 Å². The summed E-state index contributed by atoms with van der Waals surface area (Å²) in [5, 5.41) is 0. The van der Waals surface area contributed by atoms with Gasteiger partial charge in [0, 0.05) is 12.0 Å². The fraction of sp³-hybridized carbons (Fsp3) is 0.417. The Morgan fingerprint density at radius 1 is 1.16 bits per heavy atom. The smallest absolute Gasteiger partial charge is 0.303 e. The molecule has 0 saturated carbocycles. The lowest BCUT2D eigenvalue weighted by Gasteiger charge is -2.11. The predicted octanol–water partition coefficient (Wildman–Crippen LogP) is 4.36. The molecule has 108 valence electrons. The van der Waals surface area contributed by atoms with Crippen LogP contribution in [0.5, 0.6) is 0 Å². The molecule has 0 bridgehead atoms. The number of alkyl halides is 6. The van der Waals surface area contributed by atoms with E-state index in [1.54, 1.807) is 0 Å². The second-order valence-electron chi connectivity index (χ2n) is 3.47. The summed E-state index contributed by atoms with van der Waals surface area (Å²) in [5.74, 6) is 0. The van der Waals surface area contributed by atoms with E-state index in [0.717, 1.165) is 12.1 Å². The minimum Gasteiger partial charge on any atom is -0.303 e. The maximum absolute atomic E-state index is 12.4. The van der Waals surface area contributed by atoms with Gasteiger partial charge in [0.15, 0.2) is 0 Å². The molecule has 0 aliphatic carbocycles. The van der Waals surface area contributed by atoms with Crippen LogP contribution in [0.3, 0.4) is 0 Å². The quantitative estimate of drug-likeness (QED) is 0.593. The maximum Gasteiger partial charge on any atom is 0.416 e. The first-order valence-electron chi connectivity index (χ1n) is 5.15. The Bertz CT molecular complexity index is 400. The number of benzene rings is 1. The summed E-state index contributed by atoms with van der Waals surface area (Å²) in [6, 6.07) is 2.20. The zero-order valence-corrected chi connectivity index (χ0v) is 9.98. The van der Waals surface area contributed by atoms with Gasteiger partial charge >= 0.3 is 6.18 Å². The number of hydrogen-bond donors (Lipinski definition) is 0. The van der Waals surface area contributed by atoms with Crippen molar-refractivity contribution < 1.29 is 31.1 Å². The van der Waals surface area contributed by atoms with E-state index in [1.807, 2.05) is 0 Å². The van der Waals surface area contributed by atoms with Crippen molar-refractivity contribution in [1.82, 2.24) is 0 Å². The Morgan fingerprint density at radius 3 is 2.16 bits per heavy atom. The van der Waals surface area contributed by atoms with Crippen LogP contribution in [0.15, 0.2) is 18.2 Å². The largest absolute Gasteiger partial charge is 0.416 e. The molecule has 0 aliphatic heterocycles. The van der Waals surface area contributed by atoms with Crippen molar-refractivity contribution in [2.45, 2.75) is 25.4 Å². The molecule has 0 unspecified atom stereocenters. The third-order valence-electron chi connectivity index (χ3n) is 2.15. The van der Waals surface area contributed by atoms with Gasteiger partial charge in [-0.2, -0.15) is 13.2 Å². The van der Waals surface area contributed by atoms with Crippen molar-refractivity contribution in [3.8, 4) is 0 Å². The lowest BCUT2D eigenvalue weighted by molar-refractivity contribution is -0.137. The number of halogens is 6. The second-order valence-corrected chi connectivity index (χ2v) is 3.47. The molecule has 1 aromatic carbocycles. The molecule has 0 atom stereocenters. The van der Waals surface area contributed by atoms with Crippen LogP contribution in [-0.2, 0) is 17.4 Å². The van der Waals surface area contributed by atoms with Crippen LogP contribution in [0.2, 0.25) is 0 Å². The standard InChI is InChI=1S/C11H9F5O.CH3F/c12-10(13)8-4-7(2-1-3-17)5-9(6-8)11(14,15)16;1-2/h3-6,10H,1-2H2;1H3. The van der Waals surface area contributed by atoms with Crippen LogP contribution < -0.4 is 0 Å². The van der Waals surface area contributed by atoms with E-state index in [-0.39, 0.29) is 18.4 Å². The molecule has 7 heteroatoms.